The molecule has 0 saturated carbocycles. The van der Waals surface area contributed by atoms with Gasteiger partial charge < -0.3 is 58.6 Å². The number of hydrogen-bond donors (Lipinski definition) is 3. The summed E-state index contributed by atoms with van der Waals surface area (Å²) in [5.74, 6) is -4.07. The van der Waals surface area contributed by atoms with E-state index in [0.717, 1.165) is 11.1 Å². The van der Waals surface area contributed by atoms with E-state index < -0.39 is 98.9 Å². The summed E-state index contributed by atoms with van der Waals surface area (Å²) in [4.78, 5) is 75.7. The predicted molar refractivity (Wildman–Crippen MR) is 193 cm³/mol. The molecule has 0 radical (unpaired) electrons. The highest BCUT2D eigenvalue weighted by molar-refractivity contribution is 5.79. The lowest BCUT2D eigenvalue weighted by atomic mass is 10.1. The van der Waals surface area contributed by atoms with Gasteiger partial charge in [-0.25, -0.2) is 14.4 Å². The Balaban J connectivity index is 1.20. The smallest absolute Gasteiger partial charge is 0.407 e. The van der Waals surface area contributed by atoms with E-state index in [4.69, 9.17) is 42.6 Å². The highest BCUT2D eigenvalue weighted by atomic mass is 16.8. The molecular formula is C39H43N3O15. The van der Waals surface area contributed by atoms with Gasteiger partial charge in [0.25, 0.3) is 0 Å². The van der Waals surface area contributed by atoms with Gasteiger partial charge in [-0.1, -0.05) is 91.0 Å². The molecular weight excluding hydrogens is 750 g/mol. The number of carbonyl (C=O) groups is 6. The number of nitrogens with one attached hydrogen (secondary N) is 3. The van der Waals surface area contributed by atoms with Crippen molar-refractivity contribution in [1.82, 2.24) is 16.0 Å². The number of hydrogen-bond acceptors (Lipinski definition) is 15. The molecule has 18 nitrogen and oxygen atoms in total. The van der Waals surface area contributed by atoms with Gasteiger partial charge in [0, 0.05) is 0 Å². The molecule has 0 unspecified atom stereocenters. The molecule has 2 aliphatic heterocycles. The van der Waals surface area contributed by atoms with Gasteiger partial charge in [0.2, 0.25) is 0 Å². The van der Waals surface area contributed by atoms with Crippen LogP contribution in [0.1, 0.15) is 30.5 Å². The fourth-order valence-electron chi connectivity index (χ4n) is 5.52. The second-order valence-corrected chi connectivity index (χ2v) is 13.0. The third-order valence-corrected chi connectivity index (χ3v) is 8.12. The topological polar surface area (TPSA) is 222 Å². The Morgan fingerprint density at radius 3 is 1.51 bits per heavy atom. The van der Waals surface area contributed by atoms with E-state index in [1.54, 1.807) is 92.7 Å². The first-order valence-corrected chi connectivity index (χ1v) is 17.8. The number of fused-ring (bicyclic) bond motifs is 1. The SMILES string of the molecule is CC1(C)O[C@H]2O[C@H]([C@@H](COC(=O)CNC(=O)OCc3ccccc3)OC(=O)CNC(=O)OCc3ccccc3)[C@@H](OC(=O)CNC(=O)OCc3ccccc3)[C@@H]2O1. The molecule has 2 heterocycles. The molecule has 0 aliphatic carbocycles. The van der Waals surface area contributed by atoms with E-state index in [2.05, 4.69) is 16.0 Å². The van der Waals surface area contributed by atoms with Crippen LogP contribution in [0.2, 0.25) is 0 Å². The molecule has 2 fully saturated rings. The monoisotopic (exact) mass is 793 g/mol. The zero-order chi connectivity index (χ0) is 40.6. The average molecular weight is 794 g/mol. The highest BCUT2D eigenvalue weighted by Gasteiger charge is 2.59. The van der Waals surface area contributed by atoms with Crippen molar-refractivity contribution in [1.29, 1.82) is 0 Å². The van der Waals surface area contributed by atoms with Crippen molar-refractivity contribution in [2.45, 2.75) is 70.2 Å². The van der Waals surface area contributed by atoms with Crippen LogP contribution in [0, 0.1) is 0 Å². The van der Waals surface area contributed by atoms with E-state index in [0.29, 0.717) is 5.56 Å². The summed E-state index contributed by atoms with van der Waals surface area (Å²) in [6, 6.07) is 26.6. The summed E-state index contributed by atoms with van der Waals surface area (Å²) in [6.45, 7) is 0.473. The number of benzene rings is 3. The zero-order valence-corrected chi connectivity index (χ0v) is 31.1. The minimum absolute atomic E-state index is 0.0413. The highest BCUT2D eigenvalue weighted by Crippen LogP contribution is 2.40. The second kappa shape index (κ2) is 20.6. The summed E-state index contributed by atoms with van der Waals surface area (Å²) in [7, 11) is 0. The number of carbonyl (C=O) groups excluding carboxylic acids is 6. The maximum atomic E-state index is 13.1. The fraction of sp³-hybridized carbons (Fsp3) is 0.385. The molecule has 0 aromatic heterocycles. The van der Waals surface area contributed by atoms with Crippen LogP contribution in [0.3, 0.4) is 0 Å². The summed E-state index contributed by atoms with van der Waals surface area (Å²) >= 11 is 0. The van der Waals surface area contributed by atoms with E-state index in [-0.39, 0.29) is 19.8 Å². The van der Waals surface area contributed by atoms with Crippen LogP contribution in [0.25, 0.3) is 0 Å². The van der Waals surface area contributed by atoms with Crippen molar-refractivity contribution in [3.8, 4) is 0 Å². The summed E-state index contributed by atoms with van der Waals surface area (Å²) in [5.41, 5.74) is 2.17. The Hall–Kier alpha value is -6.24. The number of alkyl carbamates (subject to hydrolysis) is 3. The molecule has 3 amide bonds. The van der Waals surface area contributed by atoms with Gasteiger partial charge in [-0.05, 0) is 30.5 Å². The quantitative estimate of drug-likeness (QED) is 0.132. The van der Waals surface area contributed by atoms with Crippen LogP contribution in [0.15, 0.2) is 91.0 Å². The Bertz CT molecular complexity index is 1810. The summed E-state index contributed by atoms with van der Waals surface area (Å²) in [6.07, 6.45) is -9.07. The van der Waals surface area contributed by atoms with E-state index in [1.165, 1.54) is 0 Å². The maximum absolute atomic E-state index is 13.1. The van der Waals surface area contributed by atoms with Gasteiger partial charge in [-0.3, -0.25) is 14.4 Å². The Morgan fingerprint density at radius 1 is 0.596 bits per heavy atom. The first-order valence-electron chi connectivity index (χ1n) is 17.8. The number of esters is 3. The van der Waals surface area contributed by atoms with Crippen molar-refractivity contribution in [2.75, 3.05) is 26.2 Å². The lowest BCUT2D eigenvalue weighted by Gasteiger charge is -2.30. The molecule has 57 heavy (non-hydrogen) atoms. The molecule has 5 atom stereocenters. The van der Waals surface area contributed by atoms with Crippen LogP contribution >= 0.6 is 0 Å². The molecule has 3 N–H and O–H groups in total. The summed E-state index contributed by atoms with van der Waals surface area (Å²) < 4.78 is 49.8. The first-order chi connectivity index (χ1) is 27.4. The van der Waals surface area contributed by atoms with Crippen molar-refractivity contribution >= 4 is 36.2 Å². The minimum atomic E-state index is -1.49. The summed E-state index contributed by atoms with van der Waals surface area (Å²) in [5, 5.41) is 6.86. The Labute approximate surface area is 327 Å². The molecule has 18 heteroatoms. The van der Waals surface area contributed by atoms with E-state index in [9.17, 15) is 28.8 Å². The third kappa shape index (κ3) is 13.8. The normalized spacial score (nSPS) is 19.5. The van der Waals surface area contributed by atoms with E-state index >= 15 is 0 Å². The van der Waals surface area contributed by atoms with Crippen LogP contribution < -0.4 is 16.0 Å². The van der Waals surface area contributed by atoms with Crippen molar-refractivity contribution in [3.63, 3.8) is 0 Å². The molecule has 5 rings (SSSR count). The Kier molecular flexibility index (Phi) is 15.2. The third-order valence-electron chi connectivity index (χ3n) is 8.12. The lowest BCUT2D eigenvalue weighted by Crippen LogP contribution is -2.49. The van der Waals surface area contributed by atoms with E-state index in [1.807, 2.05) is 12.1 Å². The predicted octanol–water partition coefficient (Wildman–Crippen LogP) is 3.01. The van der Waals surface area contributed by atoms with Crippen molar-refractivity contribution < 1.29 is 71.4 Å². The molecule has 2 aliphatic rings. The standard InChI is InChI=1S/C39H43N3O15/c1-39(2)56-34-33(54-31(45)20-42-38(48)52-23-27-16-10-5-11-17-27)32(55-35(34)57-39)28(53-30(44)19-41-37(47)51-22-26-14-8-4-9-15-26)24-49-29(43)18-40-36(46)50-21-25-12-6-3-7-13-25/h3-17,28,32-35H,18-24H2,1-2H3,(H,40,46)(H,41,47)(H,42,48)/t28-,32-,33-,34+,35-/m1/s1. The molecule has 0 bridgehead atoms. The van der Waals surface area contributed by atoms with Crippen molar-refractivity contribution in [2.24, 2.45) is 0 Å². The first kappa shape index (κ1) is 41.9. The fourth-order valence-corrected chi connectivity index (χ4v) is 5.52. The Morgan fingerprint density at radius 2 is 1.04 bits per heavy atom. The van der Waals surface area contributed by atoms with Gasteiger partial charge in [0.05, 0.1) is 0 Å². The maximum Gasteiger partial charge on any atom is 0.407 e. The van der Waals surface area contributed by atoms with Crippen LogP contribution in [0.5, 0.6) is 0 Å². The van der Waals surface area contributed by atoms with Gasteiger partial charge in [0.1, 0.15) is 52.2 Å². The second-order valence-electron chi connectivity index (χ2n) is 13.0. The molecule has 3 aromatic rings. The molecule has 0 spiro atoms. The molecule has 2 saturated heterocycles. The van der Waals surface area contributed by atoms with Gasteiger partial charge >= 0.3 is 36.2 Å². The van der Waals surface area contributed by atoms with Gasteiger partial charge in [-0.15, -0.1) is 0 Å². The van der Waals surface area contributed by atoms with Crippen molar-refractivity contribution in [3.05, 3.63) is 108 Å². The van der Waals surface area contributed by atoms with Crippen LogP contribution in [-0.4, -0.2) is 98.9 Å². The lowest BCUT2D eigenvalue weighted by molar-refractivity contribution is -0.234. The average Bonchev–Trinajstić information content (AvgIpc) is 3.69. The minimum Gasteiger partial charge on any atom is -0.460 e. The zero-order valence-electron chi connectivity index (χ0n) is 31.1. The van der Waals surface area contributed by atoms with Gasteiger partial charge in [0.15, 0.2) is 30.4 Å². The van der Waals surface area contributed by atoms with Crippen LogP contribution in [0.4, 0.5) is 14.4 Å². The number of ether oxygens (including phenoxy) is 9. The molecule has 3 aromatic carbocycles. The number of rotatable bonds is 17. The molecule has 304 valence electrons. The van der Waals surface area contributed by atoms with Crippen LogP contribution in [-0.2, 0) is 76.8 Å². The largest absolute Gasteiger partial charge is 0.460 e. The van der Waals surface area contributed by atoms with Gasteiger partial charge in [-0.2, -0.15) is 0 Å². The number of amides is 3.